The first-order valence-corrected chi connectivity index (χ1v) is 7.21. The Bertz CT molecular complexity index is 542. The minimum Gasteiger partial charge on any atom is -0.383 e. The molecule has 1 aromatic carbocycles. The van der Waals surface area contributed by atoms with Crippen molar-refractivity contribution in [2.45, 2.75) is 19.4 Å². The highest BCUT2D eigenvalue weighted by Crippen LogP contribution is 2.27. The predicted octanol–water partition coefficient (Wildman–Crippen LogP) is 3.52. The van der Waals surface area contributed by atoms with Gasteiger partial charge in [-0.15, -0.1) is 0 Å². The highest BCUT2D eigenvalue weighted by Gasteiger charge is 2.16. The summed E-state index contributed by atoms with van der Waals surface area (Å²) in [5.41, 5.74) is 8.21. The van der Waals surface area contributed by atoms with Crippen LogP contribution in [-0.4, -0.2) is 11.5 Å². The molecule has 0 radical (unpaired) electrons. The molecule has 3 nitrogen and oxygen atoms in total. The molecule has 0 saturated carbocycles. The van der Waals surface area contributed by atoms with Crippen LogP contribution in [0.4, 0.5) is 5.82 Å². The number of nitrogens with one attached hydrogen (secondary N) is 1. The summed E-state index contributed by atoms with van der Waals surface area (Å²) in [6, 6.07) is 12.3. The molecule has 0 amide bonds. The van der Waals surface area contributed by atoms with E-state index >= 15 is 0 Å². The zero-order chi connectivity index (χ0) is 13.7. The van der Waals surface area contributed by atoms with Gasteiger partial charge in [0.1, 0.15) is 5.82 Å². The number of nitrogens with zero attached hydrogens (tertiary/aromatic N) is 1. The van der Waals surface area contributed by atoms with E-state index in [1.807, 2.05) is 24.3 Å². The van der Waals surface area contributed by atoms with Crippen molar-refractivity contribution in [3.05, 3.63) is 58.2 Å². The fraction of sp³-hybridized carbons (Fsp3) is 0.267. The molecule has 4 heteroatoms. The number of rotatable bonds is 5. The smallest absolute Gasteiger partial charge is 0.128 e. The number of pyridine rings is 1. The van der Waals surface area contributed by atoms with Crippen molar-refractivity contribution in [2.75, 3.05) is 12.3 Å². The normalized spacial score (nSPS) is 12.3. The maximum absolute atomic E-state index is 6.01. The van der Waals surface area contributed by atoms with Crippen LogP contribution < -0.4 is 11.1 Å². The molecule has 2 aromatic rings. The monoisotopic (exact) mass is 319 g/mol. The van der Waals surface area contributed by atoms with E-state index in [-0.39, 0.29) is 6.04 Å². The quantitative estimate of drug-likeness (QED) is 0.886. The maximum atomic E-state index is 6.01. The first-order valence-electron chi connectivity index (χ1n) is 6.41. The van der Waals surface area contributed by atoms with Crippen LogP contribution in [-0.2, 0) is 0 Å². The van der Waals surface area contributed by atoms with E-state index in [0.717, 1.165) is 23.0 Å². The third-order valence-electron chi connectivity index (χ3n) is 2.96. The lowest BCUT2D eigenvalue weighted by Crippen LogP contribution is -2.24. The largest absolute Gasteiger partial charge is 0.383 e. The van der Waals surface area contributed by atoms with Crippen molar-refractivity contribution in [2.24, 2.45) is 0 Å². The second-order valence-electron chi connectivity index (χ2n) is 4.42. The maximum Gasteiger partial charge on any atom is 0.128 e. The average molecular weight is 320 g/mol. The van der Waals surface area contributed by atoms with Crippen LogP contribution in [0.2, 0.25) is 0 Å². The molecule has 1 aromatic heterocycles. The van der Waals surface area contributed by atoms with Gasteiger partial charge in [0.2, 0.25) is 0 Å². The highest BCUT2D eigenvalue weighted by atomic mass is 79.9. The van der Waals surface area contributed by atoms with Crippen LogP contribution in [0.3, 0.4) is 0 Å². The summed E-state index contributed by atoms with van der Waals surface area (Å²) in [6.07, 6.45) is 2.79. The molecule has 2 rings (SSSR count). The van der Waals surface area contributed by atoms with Gasteiger partial charge in [-0.25, -0.2) is 4.98 Å². The van der Waals surface area contributed by atoms with Gasteiger partial charge in [-0.2, -0.15) is 0 Å². The van der Waals surface area contributed by atoms with Crippen molar-refractivity contribution in [3.8, 4) is 0 Å². The zero-order valence-corrected chi connectivity index (χ0v) is 12.5. The van der Waals surface area contributed by atoms with Gasteiger partial charge < -0.3 is 11.1 Å². The third-order valence-corrected chi connectivity index (χ3v) is 3.46. The molecular formula is C15H18BrN3. The van der Waals surface area contributed by atoms with E-state index in [2.05, 4.69) is 45.3 Å². The Hall–Kier alpha value is -1.39. The SMILES string of the molecule is CCCNC(c1cccc(Br)c1)c1cccnc1N. The number of halogens is 1. The summed E-state index contributed by atoms with van der Waals surface area (Å²) in [4.78, 5) is 4.18. The molecule has 1 heterocycles. The number of anilines is 1. The molecule has 3 N–H and O–H groups in total. The summed E-state index contributed by atoms with van der Waals surface area (Å²) in [5, 5.41) is 3.53. The summed E-state index contributed by atoms with van der Waals surface area (Å²) >= 11 is 3.52. The Morgan fingerprint density at radius 3 is 2.84 bits per heavy atom. The van der Waals surface area contributed by atoms with Gasteiger partial charge >= 0.3 is 0 Å². The number of nitrogen functional groups attached to an aromatic ring is 1. The van der Waals surface area contributed by atoms with Crippen molar-refractivity contribution < 1.29 is 0 Å². The molecule has 0 saturated heterocycles. The number of benzene rings is 1. The Kier molecular flexibility index (Phi) is 4.93. The Morgan fingerprint density at radius 1 is 1.32 bits per heavy atom. The average Bonchev–Trinajstić information content (AvgIpc) is 2.41. The number of hydrogen-bond donors (Lipinski definition) is 2. The van der Waals surface area contributed by atoms with Crippen LogP contribution in [0.5, 0.6) is 0 Å². The molecule has 19 heavy (non-hydrogen) atoms. The molecule has 0 spiro atoms. The van der Waals surface area contributed by atoms with Gasteiger partial charge in [-0.3, -0.25) is 0 Å². The first-order chi connectivity index (χ1) is 9.22. The van der Waals surface area contributed by atoms with E-state index in [1.54, 1.807) is 6.20 Å². The topological polar surface area (TPSA) is 50.9 Å². The zero-order valence-electron chi connectivity index (χ0n) is 10.9. The van der Waals surface area contributed by atoms with E-state index in [9.17, 15) is 0 Å². The van der Waals surface area contributed by atoms with E-state index in [0.29, 0.717) is 5.82 Å². The molecule has 1 atom stereocenters. The Morgan fingerprint density at radius 2 is 2.16 bits per heavy atom. The van der Waals surface area contributed by atoms with Crippen molar-refractivity contribution >= 4 is 21.7 Å². The third kappa shape index (κ3) is 3.55. The van der Waals surface area contributed by atoms with E-state index in [1.165, 1.54) is 5.56 Å². The van der Waals surface area contributed by atoms with Crippen LogP contribution in [0.1, 0.15) is 30.5 Å². The van der Waals surface area contributed by atoms with Crippen molar-refractivity contribution in [1.82, 2.24) is 10.3 Å². The second kappa shape index (κ2) is 6.68. The minimum atomic E-state index is 0.0751. The second-order valence-corrected chi connectivity index (χ2v) is 5.34. The fourth-order valence-electron chi connectivity index (χ4n) is 2.06. The molecule has 0 aliphatic heterocycles. The summed E-state index contributed by atoms with van der Waals surface area (Å²) in [7, 11) is 0. The number of hydrogen-bond acceptors (Lipinski definition) is 3. The van der Waals surface area contributed by atoms with Crippen LogP contribution in [0.15, 0.2) is 47.1 Å². The van der Waals surface area contributed by atoms with Gasteiger partial charge in [-0.05, 0) is 36.7 Å². The van der Waals surface area contributed by atoms with Crippen LogP contribution in [0.25, 0.3) is 0 Å². The van der Waals surface area contributed by atoms with Gasteiger partial charge in [0, 0.05) is 16.2 Å². The van der Waals surface area contributed by atoms with Gasteiger partial charge in [0.25, 0.3) is 0 Å². The summed E-state index contributed by atoms with van der Waals surface area (Å²) in [5.74, 6) is 0.580. The number of aromatic nitrogens is 1. The molecule has 1 unspecified atom stereocenters. The molecule has 0 aliphatic carbocycles. The lowest BCUT2D eigenvalue weighted by Gasteiger charge is -2.20. The molecule has 0 fully saturated rings. The van der Waals surface area contributed by atoms with Crippen molar-refractivity contribution in [1.29, 1.82) is 0 Å². The first kappa shape index (κ1) is 14.0. The highest BCUT2D eigenvalue weighted by molar-refractivity contribution is 9.10. The lowest BCUT2D eigenvalue weighted by molar-refractivity contribution is 0.598. The van der Waals surface area contributed by atoms with Crippen LogP contribution >= 0.6 is 15.9 Å². The Labute approximate surface area is 122 Å². The molecule has 100 valence electrons. The Balaban J connectivity index is 2.38. The van der Waals surface area contributed by atoms with E-state index in [4.69, 9.17) is 5.73 Å². The summed E-state index contributed by atoms with van der Waals surface area (Å²) < 4.78 is 1.07. The number of nitrogens with two attached hydrogens (primary N) is 1. The molecular weight excluding hydrogens is 302 g/mol. The lowest BCUT2D eigenvalue weighted by atomic mass is 9.99. The summed E-state index contributed by atoms with van der Waals surface area (Å²) in [6.45, 7) is 3.09. The fourth-order valence-corrected chi connectivity index (χ4v) is 2.47. The standard InChI is InChI=1S/C15H18BrN3/c1-2-8-18-14(11-5-3-6-12(16)10-11)13-7-4-9-19-15(13)17/h3-7,9-10,14,18H,2,8H2,1H3,(H2,17,19). The van der Waals surface area contributed by atoms with E-state index < -0.39 is 0 Å². The van der Waals surface area contributed by atoms with Gasteiger partial charge in [0.05, 0.1) is 6.04 Å². The van der Waals surface area contributed by atoms with Gasteiger partial charge in [-0.1, -0.05) is 41.1 Å². The minimum absolute atomic E-state index is 0.0751. The predicted molar refractivity (Wildman–Crippen MR) is 82.9 cm³/mol. The molecule has 0 bridgehead atoms. The molecule has 0 aliphatic rings. The van der Waals surface area contributed by atoms with Gasteiger partial charge in [0.15, 0.2) is 0 Å². The van der Waals surface area contributed by atoms with Crippen molar-refractivity contribution in [3.63, 3.8) is 0 Å². The van der Waals surface area contributed by atoms with Crippen LogP contribution in [0, 0.1) is 0 Å².